The molecular formula is C12H11BrFN3O2. The van der Waals surface area contributed by atoms with Crippen molar-refractivity contribution in [2.75, 3.05) is 0 Å². The number of rotatable bonds is 3. The second-order valence-electron chi connectivity index (χ2n) is 4.19. The molecule has 0 aliphatic heterocycles. The Kier molecular flexibility index (Phi) is 3.66. The van der Waals surface area contributed by atoms with Crippen LogP contribution in [0.1, 0.15) is 17.0 Å². The van der Waals surface area contributed by atoms with Gasteiger partial charge in [0.25, 0.3) is 0 Å². The molecular weight excluding hydrogens is 317 g/mol. The van der Waals surface area contributed by atoms with Gasteiger partial charge in [0.2, 0.25) is 5.82 Å². The van der Waals surface area contributed by atoms with E-state index in [4.69, 9.17) is 0 Å². The molecule has 0 spiro atoms. The van der Waals surface area contributed by atoms with Gasteiger partial charge in [-0.15, -0.1) is 0 Å². The Balaban J connectivity index is 2.31. The van der Waals surface area contributed by atoms with Crippen LogP contribution >= 0.6 is 15.9 Å². The lowest BCUT2D eigenvalue weighted by Gasteiger charge is -2.05. The Morgan fingerprint density at radius 2 is 2.16 bits per heavy atom. The first-order valence-corrected chi connectivity index (χ1v) is 6.31. The summed E-state index contributed by atoms with van der Waals surface area (Å²) in [5.74, 6) is -0.830. The van der Waals surface area contributed by atoms with Crippen molar-refractivity contribution in [1.29, 1.82) is 0 Å². The van der Waals surface area contributed by atoms with Gasteiger partial charge >= 0.3 is 5.69 Å². The van der Waals surface area contributed by atoms with Crippen molar-refractivity contribution >= 4 is 21.6 Å². The third-order valence-electron chi connectivity index (χ3n) is 2.83. The summed E-state index contributed by atoms with van der Waals surface area (Å²) < 4.78 is 16.1. The van der Waals surface area contributed by atoms with Gasteiger partial charge < -0.3 is 0 Å². The summed E-state index contributed by atoms with van der Waals surface area (Å²) in [5, 5.41) is 14.8. The molecule has 19 heavy (non-hydrogen) atoms. The Bertz CT molecular complexity index is 655. The van der Waals surface area contributed by atoms with E-state index < -0.39 is 16.4 Å². The van der Waals surface area contributed by atoms with Crippen molar-refractivity contribution in [2.45, 2.75) is 20.4 Å². The number of hydrogen-bond acceptors (Lipinski definition) is 3. The van der Waals surface area contributed by atoms with Gasteiger partial charge in [-0.25, -0.2) is 0 Å². The first-order valence-electron chi connectivity index (χ1n) is 5.52. The van der Waals surface area contributed by atoms with Gasteiger partial charge in [0, 0.05) is 6.07 Å². The molecule has 5 nitrogen and oxygen atoms in total. The van der Waals surface area contributed by atoms with E-state index >= 15 is 0 Å². The summed E-state index contributed by atoms with van der Waals surface area (Å²) in [6, 6.07) is 3.87. The Labute approximate surface area is 117 Å². The molecule has 0 aliphatic carbocycles. The van der Waals surface area contributed by atoms with Crippen molar-refractivity contribution in [3.05, 3.63) is 55.6 Å². The molecule has 0 aliphatic rings. The summed E-state index contributed by atoms with van der Waals surface area (Å²) in [6.07, 6.45) is 0. The van der Waals surface area contributed by atoms with Crippen LogP contribution < -0.4 is 0 Å². The quantitative estimate of drug-likeness (QED) is 0.641. The van der Waals surface area contributed by atoms with E-state index in [2.05, 4.69) is 21.0 Å². The second-order valence-corrected chi connectivity index (χ2v) is 4.98. The fourth-order valence-electron chi connectivity index (χ4n) is 1.80. The van der Waals surface area contributed by atoms with Crippen LogP contribution in [0.2, 0.25) is 0 Å². The number of nitrogens with zero attached hydrogens (tertiary/aromatic N) is 3. The number of aryl methyl sites for hydroxylation is 1. The zero-order chi connectivity index (χ0) is 14.2. The van der Waals surface area contributed by atoms with Crippen molar-refractivity contribution < 1.29 is 9.31 Å². The van der Waals surface area contributed by atoms with E-state index in [1.54, 1.807) is 4.68 Å². The highest BCUT2D eigenvalue weighted by Gasteiger charge is 2.15. The molecule has 0 saturated heterocycles. The summed E-state index contributed by atoms with van der Waals surface area (Å²) in [4.78, 5) is 9.80. The first kappa shape index (κ1) is 13.7. The van der Waals surface area contributed by atoms with Crippen LogP contribution in [0.4, 0.5) is 10.1 Å². The molecule has 1 heterocycles. The molecule has 0 radical (unpaired) electrons. The van der Waals surface area contributed by atoms with Gasteiger partial charge in [0.15, 0.2) is 0 Å². The fraction of sp³-hybridized carbons (Fsp3) is 0.250. The number of nitro groups is 1. The Morgan fingerprint density at radius 1 is 1.47 bits per heavy atom. The maximum Gasteiger partial charge on any atom is 0.304 e. The summed E-state index contributed by atoms with van der Waals surface area (Å²) in [7, 11) is 0. The van der Waals surface area contributed by atoms with Crippen molar-refractivity contribution in [3.63, 3.8) is 0 Å². The third-order valence-corrected chi connectivity index (χ3v) is 3.98. The summed E-state index contributed by atoms with van der Waals surface area (Å²) >= 11 is 3.41. The molecule has 0 N–H and O–H groups in total. The minimum absolute atomic E-state index is 0.368. The van der Waals surface area contributed by atoms with Crippen molar-refractivity contribution in [2.24, 2.45) is 0 Å². The maximum atomic E-state index is 13.5. The van der Waals surface area contributed by atoms with Gasteiger partial charge in [0.1, 0.15) is 0 Å². The SMILES string of the molecule is Cc1nn(Cc2ccc([N+](=O)[O-])c(F)c2)c(C)c1Br. The monoisotopic (exact) mass is 327 g/mol. The molecule has 7 heteroatoms. The molecule has 0 saturated carbocycles. The van der Waals surface area contributed by atoms with Crippen LogP contribution in [-0.2, 0) is 6.54 Å². The molecule has 0 bridgehead atoms. The molecule has 0 unspecified atom stereocenters. The van der Waals surface area contributed by atoms with Gasteiger partial charge in [0.05, 0.1) is 27.3 Å². The zero-order valence-corrected chi connectivity index (χ0v) is 11.9. The van der Waals surface area contributed by atoms with Crippen molar-refractivity contribution in [1.82, 2.24) is 9.78 Å². The van der Waals surface area contributed by atoms with Crippen LogP contribution in [0.25, 0.3) is 0 Å². The number of halogens is 2. The minimum atomic E-state index is -0.830. The second kappa shape index (κ2) is 5.08. The summed E-state index contributed by atoms with van der Waals surface area (Å²) in [5.41, 5.74) is 1.88. The molecule has 100 valence electrons. The number of aromatic nitrogens is 2. The zero-order valence-electron chi connectivity index (χ0n) is 10.4. The molecule has 2 rings (SSSR count). The van der Waals surface area contributed by atoms with Crippen molar-refractivity contribution in [3.8, 4) is 0 Å². The third kappa shape index (κ3) is 2.65. The number of hydrogen-bond donors (Lipinski definition) is 0. The van der Waals surface area contributed by atoms with Crippen LogP contribution in [-0.4, -0.2) is 14.7 Å². The van der Waals surface area contributed by atoms with Gasteiger partial charge in [-0.3, -0.25) is 14.8 Å². The Morgan fingerprint density at radius 3 is 2.63 bits per heavy atom. The number of benzene rings is 1. The van der Waals surface area contributed by atoms with E-state index in [0.717, 1.165) is 15.9 Å². The highest BCUT2D eigenvalue weighted by Crippen LogP contribution is 2.22. The smallest absolute Gasteiger partial charge is 0.264 e. The van der Waals surface area contributed by atoms with Crippen LogP contribution in [0.3, 0.4) is 0 Å². The molecule has 0 amide bonds. The lowest BCUT2D eigenvalue weighted by molar-refractivity contribution is -0.387. The highest BCUT2D eigenvalue weighted by atomic mass is 79.9. The normalized spacial score (nSPS) is 10.7. The van der Waals surface area contributed by atoms with E-state index in [9.17, 15) is 14.5 Å². The molecule has 0 atom stereocenters. The van der Waals surface area contributed by atoms with E-state index in [1.807, 2.05) is 13.8 Å². The standard InChI is InChI=1S/C12H11BrFN3O2/c1-7-12(13)8(2)16(15-7)6-9-3-4-11(17(18)19)10(14)5-9/h3-5H,6H2,1-2H3. The van der Waals surface area contributed by atoms with Crippen LogP contribution in [0, 0.1) is 29.8 Å². The molecule has 1 aromatic carbocycles. The van der Waals surface area contributed by atoms with Gasteiger partial charge in [-0.2, -0.15) is 9.49 Å². The summed E-state index contributed by atoms with van der Waals surface area (Å²) in [6.45, 7) is 4.13. The molecule has 0 fully saturated rings. The topological polar surface area (TPSA) is 61.0 Å². The maximum absolute atomic E-state index is 13.5. The van der Waals surface area contributed by atoms with E-state index in [0.29, 0.717) is 12.1 Å². The van der Waals surface area contributed by atoms with Gasteiger partial charge in [-0.05, 0) is 41.4 Å². The predicted octanol–water partition coefficient (Wildman–Crippen LogP) is 3.36. The van der Waals surface area contributed by atoms with Crippen LogP contribution in [0.5, 0.6) is 0 Å². The Hall–Kier alpha value is -1.76. The average molecular weight is 328 g/mol. The lowest BCUT2D eigenvalue weighted by Crippen LogP contribution is -2.05. The van der Waals surface area contributed by atoms with Crippen LogP contribution in [0.15, 0.2) is 22.7 Å². The first-order chi connectivity index (χ1) is 8.90. The largest absolute Gasteiger partial charge is 0.304 e. The number of nitro benzene ring substituents is 1. The predicted molar refractivity (Wildman–Crippen MR) is 71.6 cm³/mol. The van der Waals surface area contributed by atoms with E-state index in [-0.39, 0.29) is 0 Å². The molecule has 2 aromatic rings. The highest BCUT2D eigenvalue weighted by molar-refractivity contribution is 9.10. The molecule has 1 aromatic heterocycles. The average Bonchev–Trinajstić information content (AvgIpc) is 2.57. The lowest BCUT2D eigenvalue weighted by atomic mass is 10.2. The van der Waals surface area contributed by atoms with Gasteiger partial charge in [-0.1, -0.05) is 6.07 Å². The van der Waals surface area contributed by atoms with E-state index in [1.165, 1.54) is 18.2 Å². The fourth-order valence-corrected chi connectivity index (χ4v) is 2.08. The minimum Gasteiger partial charge on any atom is -0.264 e.